The molecule has 0 spiro atoms. The SMILES string of the molecule is CN(C)CC1CC(O)CN1C(=O)[C@@H]1CCC[C@@H]1C(=O)O. The van der Waals surface area contributed by atoms with Gasteiger partial charge in [-0.15, -0.1) is 0 Å². The third-order valence-corrected chi connectivity index (χ3v) is 4.40. The monoisotopic (exact) mass is 284 g/mol. The number of carboxylic acids is 1. The summed E-state index contributed by atoms with van der Waals surface area (Å²) < 4.78 is 0. The third-order valence-electron chi connectivity index (χ3n) is 4.40. The van der Waals surface area contributed by atoms with E-state index in [0.29, 0.717) is 32.4 Å². The molecule has 2 N–H and O–H groups in total. The van der Waals surface area contributed by atoms with E-state index in [2.05, 4.69) is 0 Å². The van der Waals surface area contributed by atoms with E-state index in [4.69, 9.17) is 0 Å². The van der Waals surface area contributed by atoms with Crippen LogP contribution >= 0.6 is 0 Å². The van der Waals surface area contributed by atoms with Crippen LogP contribution in [-0.4, -0.2) is 71.2 Å². The number of carbonyl (C=O) groups is 2. The van der Waals surface area contributed by atoms with Gasteiger partial charge in [-0.3, -0.25) is 9.59 Å². The number of carbonyl (C=O) groups excluding carboxylic acids is 1. The summed E-state index contributed by atoms with van der Waals surface area (Å²) in [7, 11) is 3.87. The summed E-state index contributed by atoms with van der Waals surface area (Å²) in [5.74, 6) is -1.93. The Balaban J connectivity index is 2.08. The molecule has 1 aliphatic carbocycles. The molecule has 20 heavy (non-hydrogen) atoms. The maximum Gasteiger partial charge on any atom is 0.307 e. The van der Waals surface area contributed by atoms with Crippen molar-refractivity contribution in [2.75, 3.05) is 27.2 Å². The van der Waals surface area contributed by atoms with Crippen LogP contribution in [0.25, 0.3) is 0 Å². The zero-order valence-corrected chi connectivity index (χ0v) is 12.2. The van der Waals surface area contributed by atoms with Gasteiger partial charge in [-0.2, -0.15) is 0 Å². The molecule has 1 aliphatic heterocycles. The molecule has 2 rings (SSSR count). The van der Waals surface area contributed by atoms with Crippen molar-refractivity contribution < 1.29 is 19.8 Å². The highest BCUT2D eigenvalue weighted by Crippen LogP contribution is 2.35. The van der Waals surface area contributed by atoms with Gasteiger partial charge in [0.05, 0.1) is 17.9 Å². The molecule has 1 heterocycles. The summed E-state index contributed by atoms with van der Waals surface area (Å²) in [5, 5.41) is 19.0. The minimum atomic E-state index is -0.871. The van der Waals surface area contributed by atoms with Crippen molar-refractivity contribution in [2.45, 2.75) is 37.8 Å². The van der Waals surface area contributed by atoms with Gasteiger partial charge in [0.15, 0.2) is 0 Å². The summed E-state index contributed by atoms with van der Waals surface area (Å²) >= 11 is 0. The molecule has 0 aromatic heterocycles. The average molecular weight is 284 g/mol. The predicted molar refractivity (Wildman–Crippen MR) is 73.1 cm³/mol. The predicted octanol–water partition coefficient (Wildman–Crippen LogP) is 0.0107. The minimum Gasteiger partial charge on any atom is -0.481 e. The van der Waals surface area contributed by atoms with Crippen molar-refractivity contribution in [1.82, 2.24) is 9.80 Å². The van der Waals surface area contributed by atoms with Gasteiger partial charge in [-0.05, 0) is 33.4 Å². The number of likely N-dealkylation sites (tertiary alicyclic amines) is 1. The second-order valence-electron chi connectivity index (χ2n) is 6.28. The first kappa shape index (κ1) is 15.3. The van der Waals surface area contributed by atoms with Crippen LogP contribution in [0.15, 0.2) is 0 Å². The number of amides is 1. The first-order valence-electron chi connectivity index (χ1n) is 7.26. The van der Waals surface area contributed by atoms with E-state index in [1.807, 2.05) is 19.0 Å². The first-order chi connectivity index (χ1) is 9.40. The number of hydrogen-bond acceptors (Lipinski definition) is 4. The van der Waals surface area contributed by atoms with Crippen molar-refractivity contribution in [1.29, 1.82) is 0 Å². The van der Waals surface area contributed by atoms with Gasteiger partial charge in [0.1, 0.15) is 0 Å². The topological polar surface area (TPSA) is 81.1 Å². The fourth-order valence-electron chi connectivity index (χ4n) is 3.52. The van der Waals surface area contributed by atoms with E-state index in [-0.39, 0.29) is 11.9 Å². The number of likely N-dealkylation sites (N-methyl/N-ethyl adjacent to an activating group) is 1. The maximum atomic E-state index is 12.6. The second kappa shape index (κ2) is 6.10. The second-order valence-corrected chi connectivity index (χ2v) is 6.28. The van der Waals surface area contributed by atoms with Gasteiger partial charge >= 0.3 is 5.97 Å². The van der Waals surface area contributed by atoms with Gasteiger partial charge in [0.2, 0.25) is 5.91 Å². The molecule has 1 saturated carbocycles. The molecule has 0 aromatic rings. The fraction of sp³-hybridized carbons (Fsp3) is 0.857. The van der Waals surface area contributed by atoms with Crippen LogP contribution < -0.4 is 0 Å². The van der Waals surface area contributed by atoms with Crippen LogP contribution in [-0.2, 0) is 9.59 Å². The molecule has 0 bridgehead atoms. The lowest BCUT2D eigenvalue weighted by molar-refractivity contribution is -0.149. The summed E-state index contributed by atoms with van der Waals surface area (Å²) in [4.78, 5) is 27.6. The Morgan fingerprint density at radius 3 is 2.50 bits per heavy atom. The van der Waals surface area contributed by atoms with Crippen molar-refractivity contribution >= 4 is 11.9 Å². The summed E-state index contributed by atoms with van der Waals surface area (Å²) in [5.41, 5.74) is 0. The summed E-state index contributed by atoms with van der Waals surface area (Å²) in [6.07, 6.45) is 2.11. The van der Waals surface area contributed by atoms with Gasteiger partial charge < -0.3 is 20.0 Å². The molecule has 1 amide bonds. The number of nitrogens with zero attached hydrogens (tertiary/aromatic N) is 2. The van der Waals surface area contributed by atoms with Crippen LogP contribution in [0.2, 0.25) is 0 Å². The quantitative estimate of drug-likeness (QED) is 0.760. The van der Waals surface area contributed by atoms with E-state index < -0.39 is 23.9 Å². The molecule has 0 aromatic carbocycles. The molecule has 0 radical (unpaired) electrons. The van der Waals surface area contributed by atoms with Crippen LogP contribution in [0, 0.1) is 11.8 Å². The zero-order chi connectivity index (χ0) is 14.9. The molecule has 2 unspecified atom stereocenters. The van der Waals surface area contributed by atoms with Crippen LogP contribution in [0.1, 0.15) is 25.7 Å². The van der Waals surface area contributed by atoms with E-state index in [9.17, 15) is 19.8 Å². The van der Waals surface area contributed by atoms with Gasteiger partial charge in [0.25, 0.3) is 0 Å². The lowest BCUT2D eigenvalue weighted by Gasteiger charge is -2.30. The molecule has 1 saturated heterocycles. The molecular weight excluding hydrogens is 260 g/mol. The van der Waals surface area contributed by atoms with E-state index >= 15 is 0 Å². The number of rotatable bonds is 4. The Kier molecular flexibility index (Phi) is 4.65. The van der Waals surface area contributed by atoms with Gasteiger partial charge in [0, 0.05) is 19.1 Å². The fourth-order valence-corrected chi connectivity index (χ4v) is 3.52. The van der Waals surface area contributed by atoms with E-state index in [1.165, 1.54) is 0 Å². The Morgan fingerprint density at radius 2 is 1.90 bits per heavy atom. The molecule has 6 nitrogen and oxygen atoms in total. The number of hydrogen-bond donors (Lipinski definition) is 2. The number of aliphatic hydroxyl groups excluding tert-OH is 1. The number of aliphatic carboxylic acids is 1. The molecule has 4 atom stereocenters. The lowest BCUT2D eigenvalue weighted by atomic mass is 9.94. The van der Waals surface area contributed by atoms with Gasteiger partial charge in [-0.25, -0.2) is 0 Å². The minimum absolute atomic E-state index is 0.0115. The highest BCUT2D eigenvalue weighted by Gasteiger charge is 2.43. The van der Waals surface area contributed by atoms with Crippen LogP contribution in [0.5, 0.6) is 0 Å². The van der Waals surface area contributed by atoms with Crippen molar-refractivity contribution in [3.05, 3.63) is 0 Å². The Morgan fingerprint density at radius 1 is 1.25 bits per heavy atom. The van der Waals surface area contributed by atoms with Gasteiger partial charge in [-0.1, -0.05) is 6.42 Å². The molecule has 2 aliphatic rings. The largest absolute Gasteiger partial charge is 0.481 e. The Hall–Kier alpha value is -1.14. The molecule has 6 heteroatoms. The van der Waals surface area contributed by atoms with Crippen molar-refractivity contribution in [3.63, 3.8) is 0 Å². The third kappa shape index (κ3) is 3.12. The number of carboxylic acid groups (broad SMARTS) is 1. The molecular formula is C14H24N2O4. The standard InChI is InChI=1S/C14H24N2O4/c1-15(2)7-9-6-10(17)8-16(9)13(18)11-4-3-5-12(11)14(19)20/h9-12,17H,3-8H2,1-2H3,(H,19,20)/t9?,10?,11-,12+/m1/s1. The first-order valence-corrected chi connectivity index (χ1v) is 7.26. The summed E-state index contributed by atoms with van der Waals surface area (Å²) in [6.45, 7) is 1.04. The van der Waals surface area contributed by atoms with Crippen molar-refractivity contribution in [2.24, 2.45) is 11.8 Å². The maximum absolute atomic E-state index is 12.6. The van der Waals surface area contributed by atoms with Crippen LogP contribution in [0.3, 0.4) is 0 Å². The highest BCUT2D eigenvalue weighted by atomic mass is 16.4. The smallest absolute Gasteiger partial charge is 0.307 e. The zero-order valence-electron chi connectivity index (χ0n) is 12.2. The highest BCUT2D eigenvalue weighted by molar-refractivity contribution is 5.85. The number of β-amino-alcohol motifs (C(OH)–C–C–N with tert-alkyl or cyclic N) is 1. The van der Waals surface area contributed by atoms with Crippen molar-refractivity contribution in [3.8, 4) is 0 Å². The van der Waals surface area contributed by atoms with E-state index in [1.54, 1.807) is 4.90 Å². The Bertz CT molecular complexity index is 385. The molecule has 2 fully saturated rings. The Labute approximate surface area is 119 Å². The normalized spacial score (nSPS) is 33.9. The van der Waals surface area contributed by atoms with E-state index in [0.717, 1.165) is 6.42 Å². The summed E-state index contributed by atoms with van der Waals surface area (Å²) in [6, 6.07) is -0.0115. The van der Waals surface area contributed by atoms with Crippen LogP contribution in [0.4, 0.5) is 0 Å². The average Bonchev–Trinajstić information content (AvgIpc) is 2.94. The number of aliphatic hydroxyl groups is 1. The lowest BCUT2D eigenvalue weighted by Crippen LogP contribution is -2.45. The molecule has 114 valence electrons.